The number of ether oxygens (including phenoxy) is 2. The molecule has 0 aromatic carbocycles. The fourth-order valence-corrected chi connectivity index (χ4v) is 2.28. The Bertz CT molecular complexity index is 376. The predicted molar refractivity (Wildman–Crippen MR) is 72.9 cm³/mol. The lowest BCUT2D eigenvalue weighted by atomic mass is 9.85. The minimum atomic E-state index is -1.13. The van der Waals surface area contributed by atoms with Crippen molar-refractivity contribution in [3.63, 3.8) is 0 Å². The van der Waals surface area contributed by atoms with Gasteiger partial charge in [0.1, 0.15) is 17.2 Å². The minimum absolute atomic E-state index is 0.0474. The summed E-state index contributed by atoms with van der Waals surface area (Å²) in [4.78, 5) is 23.6. The van der Waals surface area contributed by atoms with Gasteiger partial charge in [-0.05, 0) is 40.5 Å². The van der Waals surface area contributed by atoms with Crippen molar-refractivity contribution < 1.29 is 24.2 Å². The Kier molecular flexibility index (Phi) is 5.15. The molecule has 1 aliphatic heterocycles. The highest BCUT2D eigenvalue weighted by atomic mass is 16.7. The molecule has 3 atom stereocenters. The molecule has 116 valence electrons. The summed E-state index contributed by atoms with van der Waals surface area (Å²) < 4.78 is 9.65. The zero-order valence-electron chi connectivity index (χ0n) is 12.9. The smallest absolute Gasteiger partial charge is 0.428 e. The van der Waals surface area contributed by atoms with E-state index >= 15 is 0 Å². The summed E-state index contributed by atoms with van der Waals surface area (Å²) in [6, 6.07) is 0.0474. The van der Waals surface area contributed by atoms with Crippen molar-refractivity contribution in [3.05, 3.63) is 0 Å². The van der Waals surface area contributed by atoms with Crippen LogP contribution in [0.15, 0.2) is 0 Å². The zero-order chi connectivity index (χ0) is 15.6. The minimum Gasteiger partial charge on any atom is -0.428 e. The van der Waals surface area contributed by atoms with Crippen molar-refractivity contribution in [2.24, 2.45) is 5.41 Å². The maximum Gasteiger partial charge on any atom is 0.516 e. The normalized spacial score (nSPS) is 30.1. The summed E-state index contributed by atoms with van der Waals surface area (Å²) in [6.07, 6.45) is 0.182. The van der Waals surface area contributed by atoms with Gasteiger partial charge in [0.15, 0.2) is 0 Å². The summed E-state index contributed by atoms with van der Waals surface area (Å²) in [5.41, 5.74) is -1.85. The predicted octanol–water partition coefficient (Wildman–Crippen LogP) is 1.95. The molecule has 1 unspecified atom stereocenters. The molecular formula is C14H25NO5. The van der Waals surface area contributed by atoms with Gasteiger partial charge in [-0.2, -0.15) is 0 Å². The second kappa shape index (κ2) is 6.10. The fraction of sp³-hybridized carbons (Fsp3) is 0.857. The first-order chi connectivity index (χ1) is 9.08. The molecular weight excluding hydrogens is 262 g/mol. The number of hydrogen-bond donors (Lipinski definition) is 2. The van der Waals surface area contributed by atoms with E-state index in [0.717, 1.165) is 12.8 Å². The van der Waals surface area contributed by atoms with E-state index in [9.17, 15) is 14.7 Å². The second-order valence-corrected chi connectivity index (χ2v) is 6.53. The first-order valence-corrected chi connectivity index (χ1v) is 6.98. The Hall–Kier alpha value is -1.14. The van der Waals surface area contributed by atoms with E-state index in [1.165, 1.54) is 0 Å². The van der Waals surface area contributed by atoms with Crippen molar-refractivity contribution >= 4 is 12.1 Å². The molecule has 2 N–H and O–H groups in total. The molecule has 6 heteroatoms. The van der Waals surface area contributed by atoms with Gasteiger partial charge in [0.05, 0.1) is 0 Å². The molecule has 20 heavy (non-hydrogen) atoms. The van der Waals surface area contributed by atoms with Crippen molar-refractivity contribution in [1.29, 1.82) is 0 Å². The third-order valence-corrected chi connectivity index (χ3v) is 3.34. The van der Waals surface area contributed by atoms with Crippen molar-refractivity contribution in [3.8, 4) is 0 Å². The van der Waals surface area contributed by atoms with Crippen LogP contribution in [-0.4, -0.2) is 35.1 Å². The standard InChI is InChI=1S/C14H25NO5/c1-6-7-9-8-14(5,10(16)15-9)11(17)19-12(18)20-13(2,3)4/h9-10,15-16H,6-8H2,1-5H3/t9-,10?,14-/m1/s1. The van der Waals surface area contributed by atoms with Crippen LogP contribution in [0.3, 0.4) is 0 Å². The van der Waals surface area contributed by atoms with Crippen LogP contribution in [0.25, 0.3) is 0 Å². The number of nitrogens with one attached hydrogen (secondary N) is 1. The highest BCUT2D eigenvalue weighted by Gasteiger charge is 2.50. The van der Waals surface area contributed by atoms with E-state index in [-0.39, 0.29) is 6.04 Å². The SMILES string of the molecule is CCC[C@@H]1C[C@@](C)(C(=O)OC(=O)OC(C)(C)C)C(O)N1. The van der Waals surface area contributed by atoms with Gasteiger partial charge in [-0.15, -0.1) is 0 Å². The van der Waals surface area contributed by atoms with Crippen molar-refractivity contribution in [2.75, 3.05) is 0 Å². The van der Waals surface area contributed by atoms with Crippen LogP contribution in [0.1, 0.15) is 53.9 Å². The fourth-order valence-electron chi connectivity index (χ4n) is 2.28. The van der Waals surface area contributed by atoms with Gasteiger partial charge in [-0.25, -0.2) is 4.79 Å². The lowest BCUT2D eigenvalue weighted by molar-refractivity contribution is -0.157. The van der Waals surface area contributed by atoms with Gasteiger partial charge in [0.25, 0.3) is 0 Å². The Morgan fingerprint density at radius 3 is 2.50 bits per heavy atom. The molecule has 1 rings (SSSR count). The average molecular weight is 287 g/mol. The molecule has 0 bridgehead atoms. The molecule has 1 heterocycles. The largest absolute Gasteiger partial charge is 0.516 e. The topological polar surface area (TPSA) is 84.9 Å². The van der Waals surface area contributed by atoms with E-state index in [1.807, 2.05) is 6.92 Å². The first kappa shape index (κ1) is 16.9. The van der Waals surface area contributed by atoms with E-state index < -0.39 is 29.4 Å². The Morgan fingerprint density at radius 2 is 2.00 bits per heavy atom. The third-order valence-electron chi connectivity index (χ3n) is 3.34. The van der Waals surface area contributed by atoms with Crippen LogP contribution in [0.4, 0.5) is 4.79 Å². The van der Waals surface area contributed by atoms with Crippen LogP contribution < -0.4 is 5.32 Å². The van der Waals surface area contributed by atoms with E-state index in [2.05, 4.69) is 5.32 Å². The summed E-state index contributed by atoms with van der Waals surface area (Å²) in [6.45, 7) is 8.67. The first-order valence-electron chi connectivity index (χ1n) is 6.98. The van der Waals surface area contributed by atoms with E-state index in [4.69, 9.17) is 9.47 Å². The lowest BCUT2D eigenvalue weighted by Gasteiger charge is -2.25. The summed E-state index contributed by atoms with van der Waals surface area (Å²) in [5, 5.41) is 12.9. The number of aliphatic hydroxyl groups is 1. The van der Waals surface area contributed by atoms with E-state index in [0.29, 0.717) is 6.42 Å². The van der Waals surface area contributed by atoms with Gasteiger partial charge in [0.2, 0.25) is 0 Å². The quantitative estimate of drug-likeness (QED) is 0.609. The third kappa shape index (κ3) is 4.18. The van der Waals surface area contributed by atoms with Crippen molar-refractivity contribution in [1.82, 2.24) is 5.32 Å². The highest BCUT2D eigenvalue weighted by Crippen LogP contribution is 2.35. The number of rotatable bonds is 3. The van der Waals surface area contributed by atoms with Gasteiger partial charge in [-0.3, -0.25) is 10.1 Å². The molecule has 0 spiro atoms. The lowest BCUT2D eigenvalue weighted by Crippen LogP contribution is -2.43. The molecule has 1 saturated heterocycles. The maximum atomic E-state index is 12.1. The number of hydrogen-bond acceptors (Lipinski definition) is 6. The highest BCUT2D eigenvalue weighted by molar-refractivity contribution is 5.86. The number of carbonyl (C=O) groups is 2. The molecule has 0 amide bonds. The molecule has 0 aromatic heterocycles. The van der Waals surface area contributed by atoms with Gasteiger partial charge >= 0.3 is 12.1 Å². The Morgan fingerprint density at radius 1 is 1.40 bits per heavy atom. The van der Waals surface area contributed by atoms with Crippen molar-refractivity contribution in [2.45, 2.75) is 71.8 Å². The Balaban J connectivity index is 2.64. The second-order valence-electron chi connectivity index (χ2n) is 6.53. The van der Waals surface area contributed by atoms with E-state index in [1.54, 1.807) is 27.7 Å². The van der Waals surface area contributed by atoms with Gasteiger partial charge < -0.3 is 14.6 Å². The maximum absolute atomic E-state index is 12.1. The summed E-state index contributed by atoms with van der Waals surface area (Å²) >= 11 is 0. The molecule has 1 aliphatic rings. The number of carbonyl (C=O) groups excluding carboxylic acids is 2. The van der Waals surface area contributed by atoms with Gasteiger partial charge in [0, 0.05) is 6.04 Å². The van der Waals surface area contributed by atoms with Crippen LogP contribution in [0.5, 0.6) is 0 Å². The molecule has 0 radical (unpaired) electrons. The molecule has 0 saturated carbocycles. The number of esters is 1. The molecule has 1 fully saturated rings. The summed E-state index contributed by atoms with van der Waals surface area (Å²) in [5.74, 6) is -0.759. The summed E-state index contributed by atoms with van der Waals surface area (Å²) in [7, 11) is 0. The average Bonchev–Trinajstić information content (AvgIpc) is 2.53. The van der Waals surface area contributed by atoms with Gasteiger partial charge in [-0.1, -0.05) is 13.3 Å². The molecule has 0 aliphatic carbocycles. The monoisotopic (exact) mass is 287 g/mol. The molecule has 0 aromatic rings. The zero-order valence-corrected chi connectivity index (χ0v) is 12.9. The number of aliphatic hydroxyl groups excluding tert-OH is 1. The van der Waals surface area contributed by atoms with Crippen LogP contribution in [0, 0.1) is 5.41 Å². The Labute approximate surface area is 119 Å². The van der Waals surface area contributed by atoms with Crippen LogP contribution in [0.2, 0.25) is 0 Å². The van der Waals surface area contributed by atoms with Crippen LogP contribution >= 0.6 is 0 Å². The molecule has 6 nitrogen and oxygen atoms in total. The van der Waals surface area contributed by atoms with Crippen LogP contribution in [-0.2, 0) is 14.3 Å².